The van der Waals surface area contributed by atoms with E-state index in [-0.39, 0.29) is 47.0 Å². The van der Waals surface area contributed by atoms with Gasteiger partial charge in [0.1, 0.15) is 12.3 Å². The molecule has 8 nitrogen and oxygen atoms in total. The molecule has 0 aromatic carbocycles. The van der Waals surface area contributed by atoms with Gasteiger partial charge in [-0.1, -0.05) is 0 Å². The molecule has 3 rings (SSSR count). The third kappa shape index (κ3) is 6.49. The molecule has 0 bridgehead atoms. The van der Waals surface area contributed by atoms with Gasteiger partial charge in [-0.3, -0.25) is 20.4 Å². The number of halogens is 2. The summed E-state index contributed by atoms with van der Waals surface area (Å²) in [5, 5.41) is 6.07. The second kappa shape index (κ2) is 9.43. The summed E-state index contributed by atoms with van der Waals surface area (Å²) in [5.74, 6) is 0.167. The predicted octanol–water partition coefficient (Wildman–Crippen LogP) is 1.32. The smallest absolute Gasteiger partial charge is 0.233 e. The Bertz CT molecular complexity index is 606. The Labute approximate surface area is 177 Å². The molecule has 5 N–H and O–H groups in total. The quantitative estimate of drug-likeness (QED) is 0.262. The summed E-state index contributed by atoms with van der Waals surface area (Å²) in [6.45, 7) is 8.34. The van der Waals surface area contributed by atoms with Crippen molar-refractivity contribution in [3.8, 4) is 0 Å². The van der Waals surface area contributed by atoms with Gasteiger partial charge in [0.2, 0.25) is 5.91 Å². The van der Waals surface area contributed by atoms with Crippen LogP contribution in [0, 0.1) is 11.8 Å². The highest BCUT2D eigenvalue weighted by molar-refractivity contribution is 6.20. The molecule has 3 fully saturated rings. The molecule has 3 aliphatic rings. The summed E-state index contributed by atoms with van der Waals surface area (Å²) in [5.41, 5.74) is 8.91. The number of nitrogens with one attached hydrogen (secondary N) is 5. The SMILES string of the molecule is CC1ONCC1C(=O)N/C(=N/C1CC(C2CC(F)CC(Cl)C2)NN1)NC(C)(C)C. The van der Waals surface area contributed by atoms with Gasteiger partial charge in [0, 0.05) is 29.9 Å². The first-order valence-electron chi connectivity index (χ1n) is 10.5. The number of hydrazine groups is 1. The average molecular weight is 433 g/mol. The molecule has 1 aliphatic carbocycles. The van der Waals surface area contributed by atoms with Gasteiger partial charge in [-0.15, -0.1) is 11.6 Å². The lowest BCUT2D eigenvalue weighted by Crippen LogP contribution is -2.52. The van der Waals surface area contributed by atoms with E-state index in [1.165, 1.54) is 0 Å². The largest absolute Gasteiger partial charge is 0.351 e. The second-order valence-corrected chi connectivity index (χ2v) is 10.0. The van der Waals surface area contributed by atoms with Crippen molar-refractivity contribution in [3.05, 3.63) is 0 Å². The Hall–Kier alpha value is -1.00. The van der Waals surface area contributed by atoms with Crippen LogP contribution in [0.1, 0.15) is 53.4 Å². The van der Waals surface area contributed by atoms with Gasteiger partial charge in [-0.05, 0) is 52.9 Å². The van der Waals surface area contributed by atoms with E-state index >= 15 is 0 Å². The van der Waals surface area contributed by atoms with Crippen LogP contribution in [0.15, 0.2) is 4.99 Å². The normalized spacial score (nSPS) is 38.8. The maximum Gasteiger partial charge on any atom is 0.233 e. The van der Waals surface area contributed by atoms with Crippen molar-refractivity contribution < 1.29 is 14.0 Å². The Morgan fingerprint density at radius 1 is 1.21 bits per heavy atom. The number of hydrogen-bond acceptors (Lipinski definition) is 6. The highest BCUT2D eigenvalue weighted by Gasteiger charge is 2.37. The van der Waals surface area contributed by atoms with E-state index in [0.29, 0.717) is 31.8 Å². The van der Waals surface area contributed by atoms with Crippen molar-refractivity contribution in [1.82, 2.24) is 27.0 Å². The Balaban J connectivity index is 1.63. The van der Waals surface area contributed by atoms with E-state index in [2.05, 4.69) is 27.0 Å². The van der Waals surface area contributed by atoms with Crippen molar-refractivity contribution >= 4 is 23.5 Å². The molecule has 0 radical (unpaired) electrons. The Morgan fingerprint density at radius 3 is 2.59 bits per heavy atom. The fourth-order valence-electron chi connectivity index (χ4n) is 4.15. The molecule has 1 saturated carbocycles. The summed E-state index contributed by atoms with van der Waals surface area (Å²) >= 11 is 6.22. The van der Waals surface area contributed by atoms with Crippen molar-refractivity contribution in [2.24, 2.45) is 16.8 Å². The first-order valence-corrected chi connectivity index (χ1v) is 10.9. The molecular weight excluding hydrogens is 399 g/mol. The first-order chi connectivity index (χ1) is 13.6. The van der Waals surface area contributed by atoms with E-state index in [1.807, 2.05) is 27.7 Å². The predicted molar refractivity (Wildman–Crippen MR) is 111 cm³/mol. The third-order valence-electron chi connectivity index (χ3n) is 5.61. The van der Waals surface area contributed by atoms with Gasteiger partial charge in [0.15, 0.2) is 5.96 Å². The van der Waals surface area contributed by atoms with E-state index in [9.17, 15) is 9.18 Å². The van der Waals surface area contributed by atoms with E-state index in [4.69, 9.17) is 21.4 Å². The maximum absolute atomic E-state index is 13.9. The van der Waals surface area contributed by atoms with Crippen LogP contribution >= 0.6 is 11.6 Å². The number of carbonyl (C=O) groups is 1. The molecule has 166 valence electrons. The van der Waals surface area contributed by atoms with Gasteiger partial charge in [0.05, 0.1) is 12.0 Å². The molecular formula is C19H34ClFN6O2. The number of nitrogens with zero attached hydrogens (tertiary/aromatic N) is 1. The topological polar surface area (TPSA) is 98.8 Å². The highest BCUT2D eigenvalue weighted by Crippen LogP contribution is 2.34. The molecule has 2 saturated heterocycles. The van der Waals surface area contributed by atoms with Crippen molar-refractivity contribution in [1.29, 1.82) is 0 Å². The number of aliphatic imine (C=N–C) groups is 1. The number of amides is 1. The van der Waals surface area contributed by atoms with Gasteiger partial charge >= 0.3 is 0 Å². The first kappa shape index (κ1) is 22.7. The van der Waals surface area contributed by atoms with Crippen molar-refractivity contribution in [2.45, 2.75) is 88.8 Å². The van der Waals surface area contributed by atoms with Crippen LogP contribution in [0.3, 0.4) is 0 Å². The van der Waals surface area contributed by atoms with Crippen LogP contribution in [0.25, 0.3) is 0 Å². The second-order valence-electron chi connectivity index (χ2n) is 9.43. The summed E-state index contributed by atoms with van der Waals surface area (Å²) in [7, 11) is 0. The van der Waals surface area contributed by atoms with Crippen LogP contribution in [-0.2, 0) is 9.63 Å². The average Bonchev–Trinajstić information content (AvgIpc) is 3.21. The summed E-state index contributed by atoms with van der Waals surface area (Å²) < 4.78 is 13.9. The minimum atomic E-state index is -0.845. The number of carbonyl (C=O) groups excluding carboxylic acids is 1. The van der Waals surface area contributed by atoms with Gasteiger partial charge < -0.3 is 5.32 Å². The van der Waals surface area contributed by atoms with Crippen molar-refractivity contribution in [2.75, 3.05) is 6.54 Å². The highest BCUT2D eigenvalue weighted by atomic mass is 35.5. The number of guanidine groups is 1. The fourth-order valence-corrected chi connectivity index (χ4v) is 4.57. The standard InChI is InChI=1S/C19H34ClFN6O2/c1-10-14(9-22-29-10)17(28)24-18(25-19(2,3)4)23-16-8-15(26-27-16)11-5-12(20)7-13(21)6-11/h10-16,22,26-27H,5-9H2,1-4H3,(H2,23,24,25,28). The zero-order valence-electron chi connectivity index (χ0n) is 17.6. The minimum absolute atomic E-state index is 0.0996. The number of rotatable bonds is 3. The number of hydrogen-bond donors (Lipinski definition) is 5. The zero-order chi connectivity index (χ0) is 21.2. The van der Waals surface area contributed by atoms with Crippen molar-refractivity contribution in [3.63, 3.8) is 0 Å². The lowest BCUT2D eigenvalue weighted by molar-refractivity contribution is -0.124. The maximum atomic E-state index is 13.9. The molecule has 10 heteroatoms. The molecule has 0 aromatic rings. The third-order valence-corrected chi connectivity index (χ3v) is 5.96. The summed E-state index contributed by atoms with van der Waals surface area (Å²) in [6, 6.07) is 0.0996. The molecule has 1 amide bonds. The molecule has 29 heavy (non-hydrogen) atoms. The van der Waals surface area contributed by atoms with E-state index < -0.39 is 6.17 Å². The summed E-state index contributed by atoms with van der Waals surface area (Å²) in [4.78, 5) is 22.6. The molecule has 0 spiro atoms. The minimum Gasteiger partial charge on any atom is -0.351 e. The number of hydroxylamine groups is 1. The van der Waals surface area contributed by atoms with Crippen LogP contribution in [0.5, 0.6) is 0 Å². The van der Waals surface area contributed by atoms with Gasteiger partial charge in [0.25, 0.3) is 0 Å². The van der Waals surface area contributed by atoms with Crippen LogP contribution < -0.4 is 27.0 Å². The van der Waals surface area contributed by atoms with E-state index in [1.54, 1.807) is 0 Å². The molecule has 7 atom stereocenters. The summed E-state index contributed by atoms with van der Waals surface area (Å²) in [6.07, 6.45) is 1.19. The van der Waals surface area contributed by atoms with Crippen LogP contribution in [0.2, 0.25) is 0 Å². The zero-order valence-corrected chi connectivity index (χ0v) is 18.4. The molecule has 2 heterocycles. The Kier molecular flexibility index (Phi) is 7.37. The lowest BCUT2D eigenvalue weighted by atomic mass is 9.82. The van der Waals surface area contributed by atoms with Crippen LogP contribution in [0.4, 0.5) is 4.39 Å². The van der Waals surface area contributed by atoms with E-state index in [0.717, 1.165) is 6.42 Å². The Morgan fingerprint density at radius 2 is 1.97 bits per heavy atom. The fraction of sp³-hybridized carbons (Fsp3) is 0.895. The van der Waals surface area contributed by atoms with Gasteiger partial charge in [-0.2, -0.15) is 0 Å². The molecule has 2 aliphatic heterocycles. The molecule has 0 aromatic heterocycles. The molecule has 7 unspecified atom stereocenters. The van der Waals surface area contributed by atoms with Crippen LogP contribution in [-0.4, -0.2) is 53.8 Å². The van der Waals surface area contributed by atoms with Gasteiger partial charge in [-0.25, -0.2) is 20.3 Å². The monoisotopic (exact) mass is 432 g/mol. The number of alkyl halides is 2. The lowest BCUT2D eigenvalue weighted by Gasteiger charge is -2.31.